The van der Waals surface area contributed by atoms with E-state index in [9.17, 15) is 9.18 Å². The van der Waals surface area contributed by atoms with Gasteiger partial charge < -0.3 is 4.84 Å². The lowest BCUT2D eigenvalue weighted by Crippen LogP contribution is -2.29. The standard InChI is InChI=1S/C22H24FNO2/c23-21(13-16-7-3-1-4-8-16)19-12-11-18-14-24(15-20(18)19)26-22(25)17-9-5-2-6-10-17/h1-10,18-21H,11-15H2/t18-,19?,20+,21?/m1/s1. The molecule has 1 saturated heterocycles. The quantitative estimate of drug-likeness (QED) is 0.803. The molecule has 2 aromatic rings. The second kappa shape index (κ2) is 7.58. The van der Waals surface area contributed by atoms with Gasteiger partial charge in [0.05, 0.1) is 5.56 Å². The van der Waals surface area contributed by atoms with Crippen LogP contribution in [0.5, 0.6) is 0 Å². The minimum absolute atomic E-state index is 0.0561. The molecule has 2 aromatic carbocycles. The second-order valence-electron chi connectivity index (χ2n) is 7.46. The fourth-order valence-corrected chi connectivity index (χ4v) is 4.53. The van der Waals surface area contributed by atoms with Gasteiger partial charge in [-0.2, -0.15) is 0 Å². The molecule has 4 atom stereocenters. The van der Waals surface area contributed by atoms with Gasteiger partial charge >= 0.3 is 5.97 Å². The largest absolute Gasteiger partial charge is 0.364 e. The van der Waals surface area contributed by atoms with Crippen molar-refractivity contribution in [3.05, 3.63) is 71.8 Å². The minimum Gasteiger partial charge on any atom is -0.364 e. The Morgan fingerprint density at radius 3 is 2.46 bits per heavy atom. The van der Waals surface area contributed by atoms with E-state index in [1.165, 1.54) is 0 Å². The molecule has 4 rings (SSSR count). The second-order valence-corrected chi connectivity index (χ2v) is 7.46. The molecule has 0 N–H and O–H groups in total. The molecule has 2 unspecified atom stereocenters. The molecule has 0 amide bonds. The number of nitrogens with zero attached hydrogens (tertiary/aromatic N) is 1. The Bertz CT molecular complexity index is 736. The van der Waals surface area contributed by atoms with Gasteiger partial charge in [0, 0.05) is 19.5 Å². The summed E-state index contributed by atoms with van der Waals surface area (Å²) in [5.74, 6) is 0.429. The van der Waals surface area contributed by atoms with Gasteiger partial charge in [-0.05, 0) is 48.3 Å². The van der Waals surface area contributed by atoms with Crippen molar-refractivity contribution in [2.45, 2.75) is 25.4 Å². The molecular weight excluding hydrogens is 329 g/mol. The van der Waals surface area contributed by atoms with Crippen molar-refractivity contribution < 1.29 is 14.0 Å². The number of hydrogen-bond donors (Lipinski definition) is 0. The van der Waals surface area contributed by atoms with Crippen LogP contribution in [-0.2, 0) is 11.3 Å². The van der Waals surface area contributed by atoms with Crippen LogP contribution in [0.25, 0.3) is 0 Å². The lowest BCUT2D eigenvalue weighted by Gasteiger charge is -2.23. The maximum Gasteiger partial charge on any atom is 0.357 e. The first-order valence-electron chi connectivity index (χ1n) is 9.41. The number of carbonyl (C=O) groups excluding carboxylic acids is 1. The zero-order valence-corrected chi connectivity index (χ0v) is 14.8. The van der Waals surface area contributed by atoms with Gasteiger partial charge in [0.1, 0.15) is 6.17 Å². The molecule has 2 aliphatic rings. The summed E-state index contributed by atoms with van der Waals surface area (Å²) >= 11 is 0. The van der Waals surface area contributed by atoms with E-state index in [0.717, 1.165) is 24.9 Å². The van der Waals surface area contributed by atoms with Gasteiger partial charge in [-0.15, -0.1) is 5.06 Å². The smallest absolute Gasteiger partial charge is 0.357 e. The third kappa shape index (κ3) is 3.65. The van der Waals surface area contributed by atoms with Crippen molar-refractivity contribution in [3.8, 4) is 0 Å². The summed E-state index contributed by atoms with van der Waals surface area (Å²) in [5.41, 5.74) is 1.60. The number of rotatable bonds is 5. The van der Waals surface area contributed by atoms with Crippen LogP contribution >= 0.6 is 0 Å². The fourth-order valence-electron chi connectivity index (χ4n) is 4.53. The molecule has 3 nitrogen and oxygen atoms in total. The first-order valence-corrected chi connectivity index (χ1v) is 9.41. The highest BCUT2D eigenvalue weighted by Gasteiger charge is 2.46. The van der Waals surface area contributed by atoms with E-state index in [-0.39, 0.29) is 17.8 Å². The van der Waals surface area contributed by atoms with Gasteiger partial charge in [0.15, 0.2) is 0 Å². The SMILES string of the molecule is O=C(ON1C[C@H]2CCC(C(F)Cc3ccccc3)[C@H]2C1)c1ccccc1. The topological polar surface area (TPSA) is 29.5 Å². The predicted octanol–water partition coefficient (Wildman–Crippen LogP) is 4.30. The van der Waals surface area contributed by atoms with E-state index in [0.29, 0.717) is 24.4 Å². The van der Waals surface area contributed by atoms with E-state index in [4.69, 9.17) is 4.84 Å². The molecule has 0 radical (unpaired) electrons. The molecule has 136 valence electrons. The van der Waals surface area contributed by atoms with Crippen molar-refractivity contribution in [1.82, 2.24) is 5.06 Å². The van der Waals surface area contributed by atoms with Crippen LogP contribution in [0.15, 0.2) is 60.7 Å². The summed E-state index contributed by atoms with van der Waals surface area (Å²) in [6, 6.07) is 18.9. The molecule has 1 aliphatic heterocycles. The summed E-state index contributed by atoms with van der Waals surface area (Å²) in [6.45, 7) is 1.36. The third-order valence-corrected chi connectivity index (χ3v) is 5.84. The van der Waals surface area contributed by atoms with Crippen LogP contribution in [0.1, 0.15) is 28.8 Å². The number of alkyl halides is 1. The number of fused-ring (bicyclic) bond motifs is 1. The Kier molecular flexibility index (Phi) is 5.02. The Labute approximate surface area is 153 Å². The fraction of sp³-hybridized carbons (Fsp3) is 0.409. The van der Waals surface area contributed by atoms with Crippen LogP contribution in [0.4, 0.5) is 4.39 Å². The van der Waals surface area contributed by atoms with Crippen LogP contribution < -0.4 is 0 Å². The van der Waals surface area contributed by atoms with Gasteiger partial charge in [0.25, 0.3) is 0 Å². The molecule has 0 aromatic heterocycles. The van der Waals surface area contributed by atoms with E-state index < -0.39 is 6.17 Å². The lowest BCUT2D eigenvalue weighted by atomic mass is 9.86. The van der Waals surface area contributed by atoms with Crippen molar-refractivity contribution in [2.75, 3.05) is 13.1 Å². The maximum absolute atomic E-state index is 15.0. The zero-order valence-electron chi connectivity index (χ0n) is 14.8. The Hall–Kier alpha value is -2.20. The Morgan fingerprint density at radius 2 is 1.73 bits per heavy atom. The normalized spacial score (nSPS) is 26.4. The first kappa shape index (κ1) is 17.2. The van der Waals surface area contributed by atoms with E-state index >= 15 is 0 Å². The average molecular weight is 353 g/mol. The van der Waals surface area contributed by atoms with Gasteiger partial charge in [-0.25, -0.2) is 9.18 Å². The highest BCUT2D eigenvalue weighted by Crippen LogP contribution is 2.45. The Balaban J connectivity index is 1.35. The highest BCUT2D eigenvalue weighted by molar-refractivity contribution is 5.89. The number of halogens is 1. The highest BCUT2D eigenvalue weighted by atomic mass is 19.1. The molecule has 26 heavy (non-hydrogen) atoms. The van der Waals surface area contributed by atoms with E-state index in [2.05, 4.69) is 0 Å². The summed E-state index contributed by atoms with van der Waals surface area (Å²) in [6.07, 6.45) is 1.59. The molecule has 0 spiro atoms. The van der Waals surface area contributed by atoms with E-state index in [1.807, 2.05) is 48.5 Å². The number of hydroxylamine groups is 2. The van der Waals surface area contributed by atoms with Crippen molar-refractivity contribution >= 4 is 5.97 Å². The summed E-state index contributed by atoms with van der Waals surface area (Å²) in [5, 5.41) is 1.74. The minimum atomic E-state index is -0.836. The third-order valence-electron chi connectivity index (χ3n) is 5.84. The number of hydrogen-bond acceptors (Lipinski definition) is 3. The van der Waals surface area contributed by atoms with Gasteiger partial charge in [-0.1, -0.05) is 48.5 Å². The van der Waals surface area contributed by atoms with Crippen LogP contribution in [-0.4, -0.2) is 30.3 Å². The van der Waals surface area contributed by atoms with Crippen molar-refractivity contribution in [3.63, 3.8) is 0 Å². The summed E-state index contributed by atoms with van der Waals surface area (Å²) in [7, 11) is 0. The number of benzene rings is 2. The molecule has 1 saturated carbocycles. The summed E-state index contributed by atoms with van der Waals surface area (Å²) < 4.78 is 15.0. The number of carbonyl (C=O) groups is 1. The van der Waals surface area contributed by atoms with Crippen LogP contribution in [0, 0.1) is 17.8 Å². The average Bonchev–Trinajstić information content (AvgIpc) is 3.23. The van der Waals surface area contributed by atoms with Crippen LogP contribution in [0.3, 0.4) is 0 Å². The maximum atomic E-state index is 15.0. The first-order chi connectivity index (χ1) is 12.7. The molecule has 1 heterocycles. The Morgan fingerprint density at radius 1 is 1.04 bits per heavy atom. The zero-order chi connectivity index (χ0) is 17.9. The van der Waals surface area contributed by atoms with Crippen molar-refractivity contribution in [1.29, 1.82) is 0 Å². The van der Waals surface area contributed by atoms with E-state index in [1.54, 1.807) is 17.2 Å². The van der Waals surface area contributed by atoms with Crippen molar-refractivity contribution in [2.24, 2.45) is 17.8 Å². The molecule has 1 aliphatic carbocycles. The van der Waals surface area contributed by atoms with Gasteiger partial charge in [-0.3, -0.25) is 0 Å². The summed E-state index contributed by atoms with van der Waals surface area (Å²) in [4.78, 5) is 17.8. The van der Waals surface area contributed by atoms with Crippen LogP contribution in [0.2, 0.25) is 0 Å². The molecule has 2 fully saturated rings. The molecular formula is C22H24FNO2. The molecule has 4 heteroatoms. The monoisotopic (exact) mass is 353 g/mol. The molecule has 0 bridgehead atoms. The predicted molar refractivity (Wildman–Crippen MR) is 98.2 cm³/mol. The van der Waals surface area contributed by atoms with Gasteiger partial charge in [0.2, 0.25) is 0 Å². The lowest BCUT2D eigenvalue weighted by molar-refractivity contribution is -0.0998.